The molecular weight excluding hydrogens is 352 g/mol. The molecule has 1 N–H and O–H groups in total. The molecule has 1 aromatic carbocycles. The van der Waals surface area contributed by atoms with Crippen molar-refractivity contribution in [1.29, 1.82) is 5.41 Å². The molecule has 0 atom stereocenters. The van der Waals surface area contributed by atoms with Crippen LogP contribution in [0, 0.1) is 17.1 Å². The van der Waals surface area contributed by atoms with E-state index in [1.165, 1.54) is 11.0 Å². The smallest absolute Gasteiger partial charge is 0.419 e. The zero-order valence-corrected chi connectivity index (χ0v) is 14.9. The lowest BCUT2D eigenvalue weighted by molar-refractivity contribution is -0.140. The summed E-state index contributed by atoms with van der Waals surface area (Å²) < 4.78 is 58.0. The lowest BCUT2D eigenvalue weighted by Gasteiger charge is -2.33. The van der Waals surface area contributed by atoms with Gasteiger partial charge in [-0.05, 0) is 39.7 Å². The predicted octanol–water partition coefficient (Wildman–Crippen LogP) is 4.86. The van der Waals surface area contributed by atoms with Gasteiger partial charge in [-0.1, -0.05) is 12.1 Å². The van der Waals surface area contributed by atoms with Gasteiger partial charge in [-0.3, -0.25) is 0 Å². The molecule has 26 heavy (non-hydrogen) atoms. The SMILES string of the molecule is CC(C)(C)OC(=O)N1CCC(C(=N)c2cccc(C(F)(F)F)c2F)CC1. The molecular formula is C18H22F4N2O2. The standard InChI is InChI=1S/C18H22F4N2O2/c1-17(2,3)26-16(25)24-9-7-11(8-10-24)15(23)12-5-4-6-13(14(12)19)18(20,21)22/h4-6,11,23H,7-10H2,1-3H3. The first-order chi connectivity index (χ1) is 11.9. The van der Waals surface area contributed by atoms with Gasteiger partial charge in [0.1, 0.15) is 11.4 Å². The van der Waals surface area contributed by atoms with Crippen molar-refractivity contribution in [2.24, 2.45) is 5.92 Å². The lowest BCUT2D eigenvalue weighted by Crippen LogP contribution is -2.43. The van der Waals surface area contributed by atoms with Crippen LogP contribution in [0.3, 0.4) is 0 Å². The van der Waals surface area contributed by atoms with Crippen LogP contribution in [0.1, 0.15) is 44.7 Å². The minimum Gasteiger partial charge on any atom is -0.444 e. The van der Waals surface area contributed by atoms with Gasteiger partial charge in [0, 0.05) is 30.3 Å². The number of likely N-dealkylation sites (tertiary alicyclic amines) is 1. The summed E-state index contributed by atoms with van der Waals surface area (Å²) in [7, 11) is 0. The van der Waals surface area contributed by atoms with Gasteiger partial charge in [0.2, 0.25) is 0 Å². The van der Waals surface area contributed by atoms with Crippen molar-refractivity contribution in [3.63, 3.8) is 0 Å². The molecule has 1 heterocycles. The van der Waals surface area contributed by atoms with Crippen molar-refractivity contribution in [2.45, 2.75) is 45.4 Å². The third-order valence-corrected chi connectivity index (χ3v) is 4.15. The summed E-state index contributed by atoms with van der Waals surface area (Å²) in [5.41, 5.74) is -2.50. The van der Waals surface area contributed by atoms with Gasteiger partial charge in [0.15, 0.2) is 0 Å². The summed E-state index contributed by atoms with van der Waals surface area (Å²) >= 11 is 0. The van der Waals surface area contributed by atoms with Crippen LogP contribution in [-0.4, -0.2) is 35.4 Å². The number of rotatable bonds is 2. The van der Waals surface area contributed by atoms with E-state index in [9.17, 15) is 22.4 Å². The molecule has 0 aliphatic carbocycles. The molecule has 8 heteroatoms. The first kappa shape index (κ1) is 20.2. The number of ether oxygens (including phenoxy) is 1. The molecule has 1 aliphatic heterocycles. The Labute approximate surface area is 149 Å². The quantitative estimate of drug-likeness (QED) is 0.594. The van der Waals surface area contributed by atoms with Crippen molar-refractivity contribution in [3.05, 3.63) is 35.1 Å². The van der Waals surface area contributed by atoms with Gasteiger partial charge in [0.25, 0.3) is 0 Å². The second kappa shape index (κ2) is 7.25. The zero-order chi connectivity index (χ0) is 19.7. The van der Waals surface area contributed by atoms with E-state index in [1.807, 2.05) is 0 Å². The van der Waals surface area contributed by atoms with Gasteiger partial charge >= 0.3 is 12.3 Å². The Hall–Kier alpha value is -2.12. The van der Waals surface area contributed by atoms with E-state index in [0.29, 0.717) is 32.0 Å². The van der Waals surface area contributed by atoms with Crippen LogP contribution in [0.5, 0.6) is 0 Å². The number of hydrogen-bond donors (Lipinski definition) is 1. The highest BCUT2D eigenvalue weighted by atomic mass is 19.4. The fourth-order valence-corrected chi connectivity index (χ4v) is 2.86. The Morgan fingerprint density at radius 2 is 1.77 bits per heavy atom. The molecule has 4 nitrogen and oxygen atoms in total. The molecule has 0 bridgehead atoms. The van der Waals surface area contributed by atoms with Crippen LogP contribution < -0.4 is 0 Å². The number of piperidine rings is 1. The van der Waals surface area contributed by atoms with E-state index >= 15 is 0 Å². The summed E-state index contributed by atoms with van der Waals surface area (Å²) in [6.45, 7) is 5.88. The highest BCUT2D eigenvalue weighted by molar-refractivity contribution is 6.00. The lowest BCUT2D eigenvalue weighted by atomic mass is 9.87. The summed E-state index contributed by atoms with van der Waals surface area (Å²) in [4.78, 5) is 13.5. The van der Waals surface area contributed by atoms with Crippen molar-refractivity contribution in [2.75, 3.05) is 13.1 Å². The molecule has 0 unspecified atom stereocenters. The summed E-state index contributed by atoms with van der Waals surface area (Å²) in [5.74, 6) is -1.83. The number of amides is 1. The molecule has 0 aromatic heterocycles. The number of alkyl halides is 3. The van der Waals surface area contributed by atoms with Crippen LogP contribution in [0.2, 0.25) is 0 Å². The molecule has 144 valence electrons. The predicted molar refractivity (Wildman–Crippen MR) is 88.8 cm³/mol. The van der Waals surface area contributed by atoms with Crippen molar-refractivity contribution >= 4 is 11.8 Å². The van der Waals surface area contributed by atoms with Gasteiger partial charge in [-0.2, -0.15) is 13.2 Å². The number of nitrogens with one attached hydrogen (secondary N) is 1. The van der Waals surface area contributed by atoms with Gasteiger partial charge < -0.3 is 15.0 Å². The largest absolute Gasteiger partial charge is 0.444 e. The summed E-state index contributed by atoms with van der Waals surface area (Å²) in [6.07, 6.45) is -4.53. The highest BCUT2D eigenvalue weighted by Crippen LogP contribution is 2.33. The molecule has 0 spiro atoms. The molecule has 2 rings (SSSR count). The Morgan fingerprint density at radius 3 is 2.27 bits per heavy atom. The molecule has 1 aliphatic rings. The molecule has 1 aromatic rings. The highest BCUT2D eigenvalue weighted by Gasteiger charge is 2.36. The van der Waals surface area contributed by atoms with Gasteiger partial charge in [0.05, 0.1) is 5.56 Å². The van der Waals surface area contributed by atoms with Crippen LogP contribution >= 0.6 is 0 Å². The average Bonchev–Trinajstić information content (AvgIpc) is 2.52. The van der Waals surface area contributed by atoms with Gasteiger partial charge in [-0.15, -0.1) is 0 Å². The van der Waals surface area contributed by atoms with Crippen LogP contribution in [0.25, 0.3) is 0 Å². The van der Waals surface area contributed by atoms with Crippen LogP contribution in [-0.2, 0) is 10.9 Å². The van der Waals surface area contributed by atoms with E-state index < -0.39 is 35.2 Å². The Morgan fingerprint density at radius 1 is 1.19 bits per heavy atom. The van der Waals surface area contributed by atoms with E-state index in [0.717, 1.165) is 6.07 Å². The minimum atomic E-state index is -4.81. The van der Waals surface area contributed by atoms with E-state index in [1.54, 1.807) is 20.8 Å². The molecule has 1 saturated heterocycles. The van der Waals surface area contributed by atoms with E-state index in [2.05, 4.69) is 0 Å². The van der Waals surface area contributed by atoms with E-state index in [-0.39, 0.29) is 11.3 Å². The first-order valence-corrected chi connectivity index (χ1v) is 8.32. The Bertz CT molecular complexity index is 687. The monoisotopic (exact) mass is 374 g/mol. The summed E-state index contributed by atoms with van der Waals surface area (Å²) in [6, 6.07) is 2.95. The first-order valence-electron chi connectivity index (χ1n) is 8.32. The maximum absolute atomic E-state index is 14.2. The molecule has 0 radical (unpaired) electrons. The molecule has 1 fully saturated rings. The zero-order valence-electron chi connectivity index (χ0n) is 14.9. The van der Waals surface area contributed by atoms with Crippen molar-refractivity contribution < 1.29 is 27.1 Å². The third-order valence-electron chi connectivity index (χ3n) is 4.15. The second-order valence-electron chi connectivity index (χ2n) is 7.32. The third kappa shape index (κ3) is 4.74. The summed E-state index contributed by atoms with van der Waals surface area (Å²) in [5, 5.41) is 8.14. The number of carbonyl (C=O) groups is 1. The Balaban J connectivity index is 2.07. The van der Waals surface area contributed by atoms with Crippen LogP contribution in [0.4, 0.5) is 22.4 Å². The average molecular weight is 374 g/mol. The number of carbonyl (C=O) groups excluding carboxylic acids is 1. The topological polar surface area (TPSA) is 53.4 Å². The van der Waals surface area contributed by atoms with E-state index in [4.69, 9.17) is 10.1 Å². The fourth-order valence-electron chi connectivity index (χ4n) is 2.86. The van der Waals surface area contributed by atoms with Gasteiger partial charge in [-0.25, -0.2) is 9.18 Å². The number of halogens is 4. The normalized spacial score (nSPS) is 16.5. The maximum Gasteiger partial charge on any atom is 0.419 e. The maximum atomic E-state index is 14.2. The van der Waals surface area contributed by atoms with Crippen molar-refractivity contribution in [1.82, 2.24) is 4.90 Å². The molecule has 0 saturated carbocycles. The number of benzene rings is 1. The second-order valence-corrected chi connectivity index (χ2v) is 7.32. The molecule has 1 amide bonds. The number of hydrogen-bond acceptors (Lipinski definition) is 3. The minimum absolute atomic E-state index is 0.169. The van der Waals surface area contributed by atoms with Crippen LogP contribution in [0.15, 0.2) is 18.2 Å². The number of nitrogens with zero attached hydrogens (tertiary/aromatic N) is 1. The van der Waals surface area contributed by atoms with Crippen molar-refractivity contribution in [3.8, 4) is 0 Å². The Kier molecular flexibility index (Phi) is 5.63. The fraction of sp³-hybridized carbons (Fsp3) is 0.556.